The van der Waals surface area contributed by atoms with E-state index in [0.717, 1.165) is 0 Å². The van der Waals surface area contributed by atoms with E-state index < -0.39 is 5.97 Å². The van der Waals surface area contributed by atoms with Gasteiger partial charge in [0.15, 0.2) is 0 Å². The Morgan fingerprint density at radius 1 is 1.53 bits per heavy atom. The van der Waals surface area contributed by atoms with Crippen LogP contribution in [0.5, 0.6) is 0 Å². The number of rotatable bonds is 5. The molecular weight excluding hydrogens is 244 g/mol. The first kappa shape index (κ1) is 13.6. The molecule has 5 nitrogen and oxygen atoms in total. The summed E-state index contributed by atoms with van der Waals surface area (Å²) in [5.41, 5.74) is 0.477. The van der Waals surface area contributed by atoms with Crippen molar-refractivity contribution in [3.8, 4) is 0 Å². The summed E-state index contributed by atoms with van der Waals surface area (Å²) < 4.78 is 1.74. The van der Waals surface area contributed by atoms with E-state index in [-0.39, 0.29) is 18.9 Å². The minimum atomic E-state index is -0.923. The Morgan fingerprint density at radius 2 is 2.18 bits per heavy atom. The molecule has 0 unspecified atom stereocenters. The number of carboxylic acid groups (broad SMARTS) is 1. The molecule has 0 bridgehead atoms. The van der Waals surface area contributed by atoms with Crippen LogP contribution in [-0.2, 0) is 11.3 Å². The third kappa shape index (κ3) is 3.49. The van der Waals surface area contributed by atoms with Gasteiger partial charge in [-0.05, 0) is 13.0 Å². The van der Waals surface area contributed by atoms with Gasteiger partial charge < -0.3 is 14.6 Å². The van der Waals surface area contributed by atoms with Gasteiger partial charge in [0.1, 0.15) is 5.69 Å². The molecule has 1 rings (SSSR count). The zero-order valence-corrected chi connectivity index (χ0v) is 10.6. The van der Waals surface area contributed by atoms with Crippen molar-refractivity contribution in [1.82, 2.24) is 9.47 Å². The lowest BCUT2D eigenvalue weighted by molar-refractivity contribution is -0.137. The fourth-order valence-electron chi connectivity index (χ4n) is 1.48. The zero-order valence-electron chi connectivity index (χ0n) is 9.81. The van der Waals surface area contributed by atoms with Gasteiger partial charge in [0.25, 0.3) is 5.91 Å². The maximum atomic E-state index is 12.0. The van der Waals surface area contributed by atoms with Crippen LogP contribution in [0.4, 0.5) is 0 Å². The number of carbonyl (C=O) groups is 2. The minimum Gasteiger partial charge on any atom is -0.481 e. The predicted molar refractivity (Wildman–Crippen MR) is 64.3 cm³/mol. The summed E-state index contributed by atoms with van der Waals surface area (Å²) >= 11 is 5.83. The molecule has 1 aromatic rings. The predicted octanol–water partition coefficient (Wildman–Crippen LogP) is 1.71. The smallest absolute Gasteiger partial charge is 0.305 e. The monoisotopic (exact) mass is 258 g/mol. The van der Waals surface area contributed by atoms with Gasteiger partial charge >= 0.3 is 5.97 Å². The Hall–Kier alpha value is -1.49. The number of hydrogen-bond donors (Lipinski definition) is 1. The average Bonchev–Trinajstić information content (AvgIpc) is 2.66. The van der Waals surface area contributed by atoms with Gasteiger partial charge in [0.05, 0.1) is 11.4 Å². The molecule has 6 heteroatoms. The van der Waals surface area contributed by atoms with Crippen LogP contribution >= 0.6 is 11.6 Å². The summed E-state index contributed by atoms with van der Waals surface area (Å²) in [6.07, 6.45) is 1.61. The first-order chi connectivity index (χ1) is 7.95. The first-order valence-electron chi connectivity index (χ1n) is 5.28. The maximum Gasteiger partial charge on any atom is 0.305 e. The van der Waals surface area contributed by atoms with Crippen LogP contribution < -0.4 is 0 Å². The summed E-state index contributed by atoms with van der Waals surface area (Å²) in [7, 11) is 1.58. The molecule has 1 aromatic heterocycles. The Kier molecular flexibility index (Phi) is 4.57. The highest BCUT2D eigenvalue weighted by Crippen LogP contribution is 2.15. The number of carboxylic acids is 1. The van der Waals surface area contributed by atoms with Gasteiger partial charge in [-0.2, -0.15) is 0 Å². The van der Waals surface area contributed by atoms with Gasteiger partial charge in [0, 0.05) is 26.3 Å². The zero-order chi connectivity index (χ0) is 13.0. The fraction of sp³-hybridized carbons (Fsp3) is 0.455. The number of nitrogens with zero attached hydrogens (tertiary/aromatic N) is 2. The third-order valence-corrected chi connectivity index (χ3v) is 2.64. The normalized spacial score (nSPS) is 10.3. The van der Waals surface area contributed by atoms with E-state index in [1.807, 2.05) is 6.92 Å². The van der Waals surface area contributed by atoms with Gasteiger partial charge in [-0.3, -0.25) is 9.59 Å². The molecule has 0 atom stereocenters. The van der Waals surface area contributed by atoms with Crippen LogP contribution in [0.2, 0.25) is 5.02 Å². The first-order valence-corrected chi connectivity index (χ1v) is 5.66. The summed E-state index contributed by atoms with van der Waals surface area (Å²) in [5.74, 6) is -1.14. The molecule has 17 heavy (non-hydrogen) atoms. The lowest BCUT2D eigenvalue weighted by Gasteiger charge is -2.16. The van der Waals surface area contributed by atoms with Crippen molar-refractivity contribution >= 4 is 23.5 Å². The second-order valence-electron chi connectivity index (χ2n) is 3.70. The number of amides is 1. The molecule has 0 aliphatic carbocycles. The van der Waals surface area contributed by atoms with Crippen LogP contribution in [0.15, 0.2) is 12.3 Å². The molecule has 0 aliphatic rings. The van der Waals surface area contributed by atoms with Crippen molar-refractivity contribution in [3.63, 3.8) is 0 Å². The largest absolute Gasteiger partial charge is 0.481 e. The fourth-order valence-corrected chi connectivity index (χ4v) is 1.70. The third-order valence-electron chi connectivity index (χ3n) is 2.43. The number of hydrogen-bond acceptors (Lipinski definition) is 2. The van der Waals surface area contributed by atoms with Crippen LogP contribution in [-0.4, -0.2) is 40.0 Å². The quantitative estimate of drug-likeness (QED) is 0.875. The molecule has 0 aliphatic heterocycles. The summed E-state index contributed by atoms with van der Waals surface area (Å²) in [5, 5.41) is 9.06. The van der Waals surface area contributed by atoms with Crippen molar-refractivity contribution in [3.05, 3.63) is 23.0 Å². The lowest BCUT2D eigenvalue weighted by Crippen LogP contribution is -2.30. The Bertz CT molecular complexity index is 428. The van der Waals surface area contributed by atoms with Crippen LogP contribution in [0.3, 0.4) is 0 Å². The molecule has 94 valence electrons. The van der Waals surface area contributed by atoms with E-state index in [4.69, 9.17) is 16.7 Å². The molecule has 1 amide bonds. The number of aliphatic carboxylic acids is 1. The molecular formula is C11H15ClN2O3. The highest BCUT2D eigenvalue weighted by molar-refractivity contribution is 6.31. The number of carbonyl (C=O) groups excluding carboxylic acids is 1. The van der Waals surface area contributed by atoms with Gasteiger partial charge in [-0.1, -0.05) is 11.6 Å². The standard InChI is InChI=1S/C11H15ClN2O3/c1-3-14-7-8(12)6-9(14)11(17)13(2)5-4-10(15)16/h6-7H,3-5H2,1-2H3,(H,15,16). The van der Waals surface area contributed by atoms with Crippen LogP contribution in [0.25, 0.3) is 0 Å². The summed E-state index contributed by atoms with van der Waals surface area (Å²) in [6.45, 7) is 2.73. The second kappa shape index (κ2) is 5.72. The Morgan fingerprint density at radius 3 is 2.71 bits per heavy atom. The van der Waals surface area contributed by atoms with E-state index in [1.165, 1.54) is 4.90 Å². The van der Waals surface area contributed by atoms with Crippen molar-refractivity contribution in [2.75, 3.05) is 13.6 Å². The highest BCUT2D eigenvalue weighted by Gasteiger charge is 2.17. The lowest BCUT2D eigenvalue weighted by atomic mass is 10.3. The molecule has 0 radical (unpaired) electrons. The van der Waals surface area contributed by atoms with E-state index in [1.54, 1.807) is 23.9 Å². The van der Waals surface area contributed by atoms with Crippen molar-refractivity contribution in [2.24, 2.45) is 0 Å². The van der Waals surface area contributed by atoms with Crippen molar-refractivity contribution < 1.29 is 14.7 Å². The molecule has 1 N–H and O–H groups in total. The molecule has 0 saturated carbocycles. The van der Waals surface area contributed by atoms with Crippen molar-refractivity contribution in [1.29, 1.82) is 0 Å². The minimum absolute atomic E-state index is 0.0667. The molecule has 0 spiro atoms. The highest BCUT2D eigenvalue weighted by atomic mass is 35.5. The molecule has 0 fully saturated rings. The van der Waals surface area contributed by atoms with E-state index >= 15 is 0 Å². The second-order valence-corrected chi connectivity index (χ2v) is 4.14. The Labute approximate surface area is 105 Å². The topological polar surface area (TPSA) is 62.5 Å². The summed E-state index contributed by atoms with van der Waals surface area (Å²) in [6, 6.07) is 1.59. The maximum absolute atomic E-state index is 12.0. The Balaban J connectivity index is 2.77. The van der Waals surface area contributed by atoms with E-state index in [9.17, 15) is 9.59 Å². The van der Waals surface area contributed by atoms with Crippen molar-refractivity contribution in [2.45, 2.75) is 19.9 Å². The van der Waals surface area contributed by atoms with E-state index in [0.29, 0.717) is 17.3 Å². The average molecular weight is 259 g/mol. The van der Waals surface area contributed by atoms with E-state index in [2.05, 4.69) is 0 Å². The van der Waals surface area contributed by atoms with Gasteiger partial charge in [-0.15, -0.1) is 0 Å². The molecule has 0 aromatic carbocycles. The SMILES string of the molecule is CCn1cc(Cl)cc1C(=O)N(C)CCC(=O)O. The number of aryl methyl sites for hydroxylation is 1. The summed E-state index contributed by atoms with van der Waals surface area (Å²) in [4.78, 5) is 23.8. The van der Waals surface area contributed by atoms with Gasteiger partial charge in [0.2, 0.25) is 0 Å². The molecule has 1 heterocycles. The number of halogens is 1. The number of aromatic nitrogens is 1. The van der Waals surface area contributed by atoms with Crippen LogP contribution in [0.1, 0.15) is 23.8 Å². The van der Waals surface area contributed by atoms with Gasteiger partial charge in [-0.25, -0.2) is 0 Å². The molecule has 0 saturated heterocycles. The van der Waals surface area contributed by atoms with Crippen LogP contribution in [0, 0.1) is 0 Å².